The normalized spacial score (nSPS) is 15.2. The van der Waals surface area contributed by atoms with Gasteiger partial charge in [-0.15, -0.1) is 0 Å². The average molecular weight is 438 g/mol. The van der Waals surface area contributed by atoms with Crippen molar-refractivity contribution in [2.24, 2.45) is 0 Å². The van der Waals surface area contributed by atoms with Crippen LogP contribution in [0.5, 0.6) is 0 Å². The number of esters is 1. The number of benzene rings is 1. The van der Waals surface area contributed by atoms with Gasteiger partial charge in [-0.05, 0) is 36.8 Å². The topological polar surface area (TPSA) is 113 Å². The number of piperazine rings is 1. The van der Waals surface area contributed by atoms with Crippen molar-refractivity contribution in [2.45, 2.75) is 24.7 Å². The van der Waals surface area contributed by atoms with Crippen molar-refractivity contribution in [3.63, 3.8) is 0 Å². The zero-order valence-corrected chi connectivity index (χ0v) is 17.3. The summed E-state index contributed by atoms with van der Waals surface area (Å²) in [6.07, 6.45) is 1.66. The maximum Gasteiger partial charge on any atom is 0.359 e. The highest BCUT2D eigenvalue weighted by atomic mass is 32.2. The number of aromatic amines is 1. The number of halogens is 1. The second-order valence-corrected chi connectivity index (χ2v) is 8.78. The van der Waals surface area contributed by atoms with Crippen molar-refractivity contribution in [3.8, 4) is 0 Å². The number of nitrogens with one attached hydrogen (secondary N) is 1. The summed E-state index contributed by atoms with van der Waals surface area (Å²) in [5.41, 5.74) is 0.927. The Balaban J connectivity index is 1.50. The zero-order valence-electron chi connectivity index (χ0n) is 16.5. The molecule has 9 nitrogen and oxygen atoms in total. The van der Waals surface area contributed by atoms with E-state index in [0.29, 0.717) is 0 Å². The maximum absolute atomic E-state index is 13.0. The van der Waals surface area contributed by atoms with E-state index in [1.807, 2.05) is 6.92 Å². The van der Waals surface area contributed by atoms with E-state index in [9.17, 15) is 22.4 Å². The highest BCUT2D eigenvalue weighted by Gasteiger charge is 2.30. The van der Waals surface area contributed by atoms with Crippen molar-refractivity contribution >= 4 is 21.9 Å². The van der Waals surface area contributed by atoms with Crippen LogP contribution in [0.25, 0.3) is 0 Å². The van der Waals surface area contributed by atoms with Gasteiger partial charge >= 0.3 is 5.97 Å². The van der Waals surface area contributed by atoms with E-state index in [4.69, 9.17) is 4.74 Å². The number of ether oxygens (including phenoxy) is 1. The average Bonchev–Trinajstić information content (AvgIpc) is 3.21. The van der Waals surface area contributed by atoms with Crippen LogP contribution in [0.3, 0.4) is 0 Å². The Hall–Kier alpha value is -2.79. The van der Waals surface area contributed by atoms with Gasteiger partial charge in [-0.25, -0.2) is 17.6 Å². The molecule has 30 heavy (non-hydrogen) atoms. The molecule has 1 saturated heterocycles. The predicted molar refractivity (Wildman–Crippen MR) is 105 cm³/mol. The number of aromatic nitrogens is 2. The smallest absolute Gasteiger partial charge is 0.359 e. The number of H-pyrrole nitrogens is 1. The maximum atomic E-state index is 13.0. The van der Waals surface area contributed by atoms with Gasteiger partial charge < -0.3 is 9.64 Å². The summed E-state index contributed by atoms with van der Waals surface area (Å²) in [6.45, 7) is 2.08. The van der Waals surface area contributed by atoms with Crippen molar-refractivity contribution in [2.75, 3.05) is 32.8 Å². The number of carbonyl (C=O) groups is 2. The summed E-state index contributed by atoms with van der Waals surface area (Å²) < 4.78 is 44.5. The van der Waals surface area contributed by atoms with Gasteiger partial charge in [0.2, 0.25) is 10.0 Å². The predicted octanol–water partition coefficient (Wildman–Crippen LogP) is 1.19. The van der Waals surface area contributed by atoms with Crippen LogP contribution in [-0.4, -0.2) is 72.5 Å². The summed E-state index contributed by atoms with van der Waals surface area (Å²) in [5, 5.41) is 6.62. The molecular formula is C19H23FN4O5S. The minimum absolute atomic E-state index is 0.000878. The third-order valence-corrected chi connectivity index (χ3v) is 6.64. The largest absolute Gasteiger partial charge is 0.451 e. The van der Waals surface area contributed by atoms with Gasteiger partial charge in [-0.1, -0.05) is 13.3 Å². The van der Waals surface area contributed by atoms with Gasteiger partial charge in [-0.2, -0.15) is 9.40 Å². The molecule has 0 spiro atoms. The Kier molecular flexibility index (Phi) is 6.83. The molecule has 3 rings (SSSR count). The molecule has 0 aliphatic carbocycles. The minimum atomic E-state index is -3.76. The quantitative estimate of drug-likeness (QED) is 0.650. The highest BCUT2D eigenvalue weighted by Crippen LogP contribution is 2.18. The molecule has 1 aliphatic heterocycles. The Morgan fingerprint density at radius 2 is 1.83 bits per heavy atom. The molecule has 0 atom stereocenters. The van der Waals surface area contributed by atoms with E-state index in [1.54, 1.807) is 6.07 Å². The summed E-state index contributed by atoms with van der Waals surface area (Å²) >= 11 is 0. The van der Waals surface area contributed by atoms with Gasteiger partial charge in [0, 0.05) is 31.9 Å². The van der Waals surface area contributed by atoms with Gasteiger partial charge in [0.15, 0.2) is 12.3 Å². The van der Waals surface area contributed by atoms with E-state index in [1.165, 1.54) is 21.3 Å². The molecule has 0 saturated carbocycles. The second kappa shape index (κ2) is 9.35. The van der Waals surface area contributed by atoms with E-state index >= 15 is 0 Å². The molecule has 162 valence electrons. The summed E-state index contributed by atoms with van der Waals surface area (Å²) in [4.78, 5) is 25.8. The summed E-state index contributed by atoms with van der Waals surface area (Å²) in [7, 11) is -3.76. The van der Waals surface area contributed by atoms with Crippen LogP contribution in [-0.2, 0) is 26.0 Å². The van der Waals surface area contributed by atoms with Crippen molar-refractivity contribution < 1.29 is 27.1 Å². The SMILES string of the molecule is CCCc1cc(C(=O)OCC(=O)N2CCN(S(=O)(=O)c3ccc(F)cc3)CC2)n[nH]1. The molecule has 0 bridgehead atoms. The lowest BCUT2D eigenvalue weighted by Gasteiger charge is -2.33. The lowest BCUT2D eigenvalue weighted by atomic mass is 10.2. The monoisotopic (exact) mass is 438 g/mol. The first-order chi connectivity index (χ1) is 14.3. The second-order valence-electron chi connectivity index (χ2n) is 6.84. The van der Waals surface area contributed by atoms with Crippen LogP contribution in [0, 0.1) is 5.82 Å². The Morgan fingerprint density at radius 3 is 2.47 bits per heavy atom. The Morgan fingerprint density at radius 1 is 1.17 bits per heavy atom. The van der Waals surface area contributed by atoms with Crippen LogP contribution in [0.4, 0.5) is 4.39 Å². The molecule has 11 heteroatoms. The standard InChI is InChI=1S/C19H23FN4O5S/c1-2-3-15-12-17(22-21-15)19(26)29-13-18(25)23-8-10-24(11-9-23)30(27,28)16-6-4-14(20)5-7-16/h4-7,12H,2-3,8-11,13H2,1H3,(H,21,22). The number of nitrogens with zero attached hydrogens (tertiary/aromatic N) is 3. The van der Waals surface area contributed by atoms with Crippen molar-refractivity contribution in [1.29, 1.82) is 0 Å². The minimum Gasteiger partial charge on any atom is -0.451 e. The molecule has 1 fully saturated rings. The van der Waals surface area contributed by atoms with Crippen LogP contribution in [0.1, 0.15) is 29.5 Å². The van der Waals surface area contributed by atoms with Crippen LogP contribution in [0.15, 0.2) is 35.2 Å². The number of sulfonamides is 1. The molecule has 1 amide bonds. The van der Waals surface area contributed by atoms with Crippen molar-refractivity contribution in [1.82, 2.24) is 19.4 Å². The number of carbonyl (C=O) groups excluding carboxylic acids is 2. The number of aryl methyl sites for hydroxylation is 1. The number of hydrogen-bond acceptors (Lipinski definition) is 6. The molecule has 1 N–H and O–H groups in total. The molecular weight excluding hydrogens is 415 g/mol. The number of amides is 1. The molecule has 1 aromatic heterocycles. The molecule has 0 unspecified atom stereocenters. The Labute approximate surface area is 173 Å². The third kappa shape index (κ3) is 5.03. The number of rotatable bonds is 7. The highest BCUT2D eigenvalue weighted by molar-refractivity contribution is 7.89. The van der Waals surface area contributed by atoms with Gasteiger partial charge in [0.25, 0.3) is 5.91 Å². The first kappa shape index (κ1) is 21.9. The summed E-state index contributed by atoms with van der Waals surface area (Å²) in [5.74, 6) is -1.62. The van der Waals surface area contributed by atoms with Crippen LogP contribution in [0.2, 0.25) is 0 Å². The van der Waals surface area contributed by atoms with E-state index < -0.39 is 34.3 Å². The van der Waals surface area contributed by atoms with E-state index in [-0.39, 0.29) is 36.8 Å². The molecule has 0 radical (unpaired) electrons. The van der Waals surface area contributed by atoms with E-state index in [2.05, 4.69) is 10.2 Å². The van der Waals surface area contributed by atoms with Crippen LogP contribution < -0.4 is 0 Å². The number of hydrogen-bond donors (Lipinski definition) is 1. The third-order valence-electron chi connectivity index (χ3n) is 4.73. The molecule has 1 aliphatic rings. The fourth-order valence-electron chi connectivity index (χ4n) is 3.09. The van der Waals surface area contributed by atoms with Crippen molar-refractivity contribution in [3.05, 3.63) is 47.5 Å². The van der Waals surface area contributed by atoms with Gasteiger partial charge in [0.1, 0.15) is 5.82 Å². The molecule has 1 aromatic carbocycles. The molecule has 2 heterocycles. The lowest BCUT2D eigenvalue weighted by molar-refractivity contribution is -0.135. The fourth-order valence-corrected chi connectivity index (χ4v) is 4.51. The first-order valence-corrected chi connectivity index (χ1v) is 11.0. The molecule has 2 aromatic rings. The van der Waals surface area contributed by atoms with Crippen LogP contribution >= 0.6 is 0 Å². The fraction of sp³-hybridized carbons (Fsp3) is 0.421. The first-order valence-electron chi connectivity index (χ1n) is 9.56. The van der Waals surface area contributed by atoms with Gasteiger partial charge in [0.05, 0.1) is 4.90 Å². The van der Waals surface area contributed by atoms with Gasteiger partial charge in [-0.3, -0.25) is 9.89 Å². The zero-order chi connectivity index (χ0) is 21.7. The van der Waals surface area contributed by atoms with E-state index in [0.717, 1.165) is 30.7 Å². The summed E-state index contributed by atoms with van der Waals surface area (Å²) in [6, 6.07) is 6.19. The lowest BCUT2D eigenvalue weighted by Crippen LogP contribution is -2.51. The Bertz CT molecular complexity index is 998.